The number of amides is 3. The van der Waals surface area contributed by atoms with E-state index in [9.17, 15) is 14.4 Å². The maximum absolute atomic E-state index is 12.8. The molecule has 3 aromatic carbocycles. The van der Waals surface area contributed by atoms with Crippen LogP contribution in [0.5, 0.6) is 5.75 Å². The van der Waals surface area contributed by atoms with E-state index in [1.807, 2.05) is 25.1 Å². The van der Waals surface area contributed by atoms with Crippen LogP contribution < -0.4 is 21.1 Å². The maximum Gasteiger partial charge on any atom is 0.255 e. The van der Waals surface area contributed by atoms with Crippen LogP contribution in [-0.4, -0.2) is 30.1 Å². The number of primary amides is 1. The van der Waals surface area contributed by atoms with Crippen molar-refractivity contribution in [2.75, 3.05) is 17.7 Å². The van der Waals surface area contributed by atoms with E-state index in [4.69, 9.17) is 10.5 Å². The second-order valence-electron chi connectivity index (χ2n) is 7.16. The molecule has 0 fully saturated rings. The molecule has 3 rings (SSSR count). The van der Waals surface area contributed by atoms with E-state index in [0.29, 0.717) is 34.7 Å². The van der Waals surface area contributed by atoms with Gasteiger partial charge in [-0.2, -0.15) is 0 Å². The zero-order valence-corrected chi connectivity index (χ0v) is 19.1. The van der Waals surface area contributed by atoms with Gasteiger partial charge in [0.25, 0.3) is 5.91 Å². The number of methoxy groups -OCH3 is 1. The van der Waals surface area contributed by atoms with Crippen LogP contribution in [0, 0.1) is 0 Å². The van der Waals surface area contributed by atoms with Crippen molar-refractivity contribution in [3.05, 3.63) is 83.9 Å². The quantitative estimate of drug-likeness (QED) is 0.403. The Morgan fingerprint density at radius 1 is 0.909 bits per heavy atom. The minimum absolute atomic E-state index is 0.153. The van der Waals surface area contributed by atoms with Crippen LogP contribution in [0.25, 0.3) is 0 Å². The van der Waals surface area contributed by atoms with E-state index >= 15 is 0 Å². The lowest BCUT2D eigenvalue weighted by atomic mass is 10.2. The van der Waals surface area contributed by atoms with Crippen molar-refractivity contribution >= 4 is 40.9 Å². The first-order valence-electron chi connectivity index (χ1n) is 10.3. The van der Waals surface area contributed by atoms with Gasteiger partial charge >= 0.3 is 0 Å². The summed E-state index contributed by atoms with van der Waals surface area (Å²) in [4.78, 5) is 37.4. The zero-order valence-electron chi connectivity index (χ0n) is 18.3. The third kappa shape index (κ3) is 6.60. The van der Waals surface area contributed by atoms with Gasteiger partial charge in [0.05, 0.1) is 12.4 Å². The Hall–Kier alpha value is -3.78. The van der Waals surface area contributed by atoms with Gasteiger partial charge in [-0.1, -0.05) is 19.1 Å². The number of thioether (sulfide) groups is 1. The van der Waals surface area contributed by atoms with Crippen LogP contribution >= 0.6 is 11.8 Å². The van der Waals surface area contributed by atoms with Gasteiger partial charge in [0.15, 0.2) is 0 Å². The number of nitrogens with two attached hydrogens (primary N) is 1. The molecular formula is C25H25N3O4S. The van der Waals surface area contributed by atoms with E-state index in [-0.39, 0.29) is 17.1 Å². The SMILES string of the molecule is CCC(Sc1cccc(NC(=O)c2cccc(OC)c2)c1)C(=O)Nc1ccc(C(N)=O)cc1. The molecule has 0 saturated carbocycles. The largest absolute Gasteiger partial charge is 0.497 e. The molecule has 3 aromatic rings. The van der Waals surface area contributed by atoms with Crippen LogP contribution in [0.1, 0.15) is 34.1 Å². The standard InChI is InChI=1S/C25H25N3O4S/c1-3-22(25(31)27-18-12-10-16(11-13-18)23(26)29)33-21-9-5-7-19(15-21)28-24(30)17-6-4-8-20(14-17)32-2/h4-15,22H,3H2,1-2H3,(H2,26,29)(H,27,31)(H,28,30). The number of nitrogens with one attached hydrogen (secondary N) is 2. The average Bonchev–Trinajstić information content (AvgIpc) is 2.83. The van der Waals surface area contributed by atoms with Crippen molar-refractivity contribution in [3.8, 4) is 5.75 Å². The fraction of sp³-hybridized carbons (Fsp3) is 0.160. The van der Waals surface area contributed by atoms with E-state index in [1.165, 1.54) is 11.8 Å². The Kier molecular flexibility index (Phi) is 8.10. The summed E-state index contributed by atoms with van der Waals surface area (Å²) in [6.45, 7) is 1.93. The lowest BCUT2D eigenvalue weighted by Crippen LogP contribution is -2.24. The van der Waals surface area contributed by atoms with Crippen molar-refractivity contribution < 1.29 is 19.1 Å². The number of anilines is 2. The molecule has 0 heterocycles. The van der Waals surface area contributed by atoms with Gasteiger partial charge in [-0.15, -0.1) is 11.8 Å². The van der Waals surface area contributed by atoms with Gasteiger partial charge in [0.2, 0.25) is 11.8 Å². The monoisotopic (exact) mass is 463 g/mol. The van der Waals surface area contributed by atoms with Gasteiger partial charge in [0, 0.05) is 27.4 Å². The van der Waals surface area contributed by atoms with Crippen LogP contribution in [0.3, 0.4) is 0 Å². The van der Waals surface area contributed by atoms with Gasteiger partial charge in [0.1, 0.15) is 5.75 Å². The minimum Gasteiger partial charge on any atom is -0.497 e. The molecule has 0 aliphatic rings. The Morgan fingerprint density at radius 3 is 2.30 bits per heavy atom. The highest BCUT2D eigenvalue weighted by Gasteiger charge is 2.19. The van der Waals surface area contributed by atoms with E-state index in [0.717, 1.165) is 4.90 Å². The number of carbonyl (C=O) groups is 3. The molecule has 33 heavy (non-hydrogen) atoms. The number of carbonyl (C=O) groups excluding carboxylic acids is 3. The fourth-order valence-corrected chi connectivity index (χ4v) is 4.06. The Bertz CT molecular complexity index is 1150. The molecule has 0 aliphatic carbocycles. The molecule has 7 nitrogen and oxygen atoms in total. The second kappa shape index (κ2) is 11.2. The third-order valence-corrected chi connectivity index (χ3v) is 6.16. The van der Waals surface area contributed by atoms with Crippen molar-refractivity contribution in [2.24, 2.45) is 5.73 Å². The molecule has 0 aromatic heterocycles. The summed E-state index contributed by atoms with van der Waals surface area (Å²) < 4.78 is 5.17. The minimum atomic E-state index is -0.520. The van der Waals surface area contributed by atoms with Gasteiger partial charge < -0.3 is 21.1 Å². The summed E-state index contributed by atoms with van der Waals surface area (Å²) in [7, 11) is 1.55. The van der Waals surface area contributed by atoms with Crippen LogP contribution in [0.15, 0.2) is 77.7 Å². The molecule has 8 heteroatoms. The van der Waals surface area contributed by atoms with Crippen molar-refractivity contribution in [1.82, 2.24) is 0 Å². The van der Waals surface area contributed by atoms with Gasteiger partial charge in [-0.25, -0.2) is 0 Å². The Labute approximate surface area is 196 Å². The molecule has 0 aliphatic heterocycles. The first kappa shape index (κ1) is 23.9. The van der Waals surface area contributed by atoms with Crippen molar-refractivity contribution in [3.63, 3.8) is 0 Å². The van der Waals surface area contributed by atoms with Gasteiger partial charge in [-0.3, -0.25) is 14.4 Å². The predicted molar refractivity (Wildman–Crippen MR) is 131 cm³/mol. The number of benzene rings is 3. The molecular weight excluding hydrogens is 438 g/mol. The topological polar surface area (TPSA) is 111 Å². The molecule has 0 spiro atoms. The molecule has 4 N–H and O–H groups in total. The van der Waals surface area contributed by atoms with E-state index in [2.05, 4.69) is 10.6 Å². The number of ether oxygens (including phenoxy) is 1. The lowest BCUT2D eigenvalue weighted by Gasteiger charge is -2.16. The highest BCUT2D eigenvalue weighted by Crippen LogP contribution is 2.29. The Balaban J connectivity index is 1.65. The molecule has 1 unspecified atom stereocenters. The molecule has 170 valence electrons. The summed E-state index contributed by atoms with van der Waals surface area (Å²) in [5, 5.41) is 5.40. The van der Waals surface area contributed by atoms with E-state index < -0.39 is 5.91 Å². The summed E-state index contributed by atoms with van der Waals surface area (Å²) in [6, 6.07) is 20.7. The molecule has 3 amide bonds. The second-order valence-corrected chi connectivity index (χ2v) is 8.44. The average molecular weight is 464 g/mol. The van der Waals surface area contributed by atoms with Crippen LogP contribution in [0.2, 0.25) is 0 Å². The van der Waals surface area contributed by atoms with Crippen molar-refractivity contribution in [1.29, 1.82) is 0 Å². The number of hydrogen-bond acceptors (Lipinski definition) is 5. The third-order valence-electron chi connectivity index (χ3n) is 4.80. The highest BCUT2D eigenvalue weighted by molar-refractivity contribution is 8.00. The summed E-state index contributed by atoms with van der Waals surface area (Å²) in [5.74, 6) is -0.318. The first-order chi connectivity index (χ1) is 15.9. The molecule has 0 saturated heterocycles. The maximum atomic E-state index is 12.8. The predicted octanol–water partition coefficient (Wildman–Crippen LogP) is 4.56. The normalized spacial score (nSPS) is 11.3. The summed E-state index contributed by atoms with van der Waals surface area (Å²) >= 11 is 1.41. The highest BCUT2D eigenvalue weighted by atomic mass is 32.2. The smallest absolute Gasteiger partial charge is 0.255 e. The van der Waals surface area contributed by atoms with Gasteiger partial charge in [-0.05, 0) is 67.1 Å². The lowest BCUT2D eigenvalue weighted by molar-refractivity contribution is -0.115. The first-order valence-corrected chi connectivity index (χ1v) is 11.2. The zero-order chi connectivity index (χ0) is 23.8. The number of hydrogen-bond donors (Lipinski definition) is 3. The fourth-order valence-electron chi connectivity index (χ4n) is 3.04. The van der Waals surface area contributed by atoms with Crippen molar-refractivity contribution in [2.45, 2.75) is 23.5 Å². The summed E-state index contributed by atoms with van der Waals surface area (Å²) in [5.41, 5.74) is 7.33. The Morgan fingerprint density at radius 2 is 1.64 bits per heavy atom. The molecule has 1 atom stereocenters. The number of rotatable bonds is 9. The van der Waals surface area contributed by atoms with E-state index in [1.54, 1.807) is 61.7 Å². The van der Waals surface area contributed by atoms with Crippen LogP contribution in [-0.2, 0) is 4.79 Å². The molecule has 0 bridgehead atoms. The molecule has 0 radical (unpaired) electrons. The summed E-state index contributed by atoms with van der Waals surface area (Å²) in [6.07, 6.45) is 0.607. The van der Waals surface area contributed by atoms with Crippen LogP contribution in [0.4, 0.5) is 11.4 Å².